The van der Waals surface area contributed by atoms with E-state index >= 15 is 0 Å². The number of amides is 1. The first kappa shape index (κ1) is 24.3. The molecule has 11 nitrogen and oxygen atoms in total. The van der Waals surface area contributed by atoms with Crippen molar-refractivity contribution in [3.05, 3.63) is 47.8 Å². The average Bonchev–Trinajstić information content (AvgIpc) is 3.48. The van der Waals surface area contributed by atoms with Gasteiger partial charge in [0, 0.05) is 30.0 Å². The molecule has 2 aromatic carbocycles. The van der Waals surface area contributed by atoms with E-state index in [1.54, 1.807) is 44.6 Å². The van der Waals surface area contributed by atoms with Gasteiger partial charge in [0.15, 0.2) is 11.5 Å². The van der Waals surface area contributed by atoms with Crippen molar-refractivity contribution < 1.29 is 32.9 Å². The molecule has 1 aliphatic heterocycles. The Morgan fingerprint density at radius 2 is 1.92 bits per heavy atom. The molecule has 2 N–H and O–H groups in total. The van der Waals surface area contributed by atoms with Crippen molar-refractivity contribution in [2.75, 3.05) is 33.2 Å². The number of carboxylic acid groups (broad SMARTS) is 1. The Morgan fingerprint density at radius 1 is 1.14 bits per heavy atom. The van der Waals surface area contributed by atoms with E-state index in [2.05, 4.69) is 20.4 Å². The number of nitrogens with zero attached hydrogens (tertiary/aromatic N) is 5. The van der Waals surface area contributed by atoms with Gasteiger partial charge in [0.25, 0.3) is 5.92 Å². The van der Waals surface area contributed by atoms with Gasteiger partial charge in [-0.3, -0.25) is 4.90 Å². The molecule has 0 aliphatic carbocycles. The molecule has 3 heterocycles. The molecule has 1 saturated heterocycles. The molecule has 0 saturated carbocycles. The van der Waals surface area contributed by atoms with Crippen molar-refractivity contribution in [3.8, 4) is 17.2 Å². The minimum absolute atomic E-state index is 0.0400. The standard InChI is InChI=1S/C24H24F2N6O5/c1-35-14-8-7-13(18(9-14)37-3)11-27-22-28-19-15(5-4-6-17(19)36-2)21-29-20(30-32(21)22)16-10-24(25,26)12-31(16)23(33)34/h4-9,16H,10-12H2,1-3H3,(H,27,28)(H,33,34)/t16-/m0/s1. The number of benzene rings is 2. The molecule has 2 aromatic heterocycles. The molecule has 1 amide bonds. The molecule has 4 aromatic rings. The quantitative estimate of drug-likeness (QED) is 0.377. The zero-order chi connectivity index (χ0) is 26.3. The van der Waals surface area contributed by atoms with Crippen molar-refractivity contribution >= 4 is 28.6 Å². The third kappa shape index (κ3) is 4.36. The number of hydrogen-bond donors (Lipinski definition) is 2. The van der Waals surface area contributed by atoms with Crippen LogP contribution >= 0.6 is 0 Å². The topological polar surface area (TPSA) is 123 Å². The zero-order valence-corrected chi connectivity index (χ0v) is 20.2. The number of para-hydroxylation sites is 1. The molecule has 0 radical (unpaired) electrons. The number of nitrogens with one attached hydrogen (secondary N) is 1. The first-order chi connectivity index (χ1) is 17.7. The maximum absolute atomic E-state index is 14.2. The lowest BCUT2D eigenvalue weighted by Gasteiger charge is -2.17. The maximum atomic E-state index is 14.2. The zero-order valence-electron chi connectivity index (χ0n) is 20.2. The smallest absolute Gasteiger partial charge is 0.408 e. The summed E-state index contributed by atoms with van der Waals surface area (Å²) in [7, 11) is 4.62. The summed E-state index contributed by atoms with van der Waals surface area (Å²) < 4.78 is 45.9. The first-order valence-electron chi connectivity index (χ1n) is 11.3. The van der Waals surface area contributed by atoms with Crippen LogP contribution in [-0.2, 0) is 6.54 Å². The average molecular weight is 514 g/mol. The highest BCUT2D eigenvalue weighted by Crippen LogP contribution is 2.40. The Morgan fingerprint density at radius 3 is 2.62 bits per heavy atom. The van der Waals surface area contributed by atoms with Crippen molar-refractivity contribution in [2.45, 2.75) is 24.9 Å². The van der Waals surface area contributed by atoms with Gasteiger partial charge in [0.2, 0.25) is 5.95 Å². The lowest BCUT2D eigenvalue weighted by Crippen LogP contribution is -2.31. The Hall–Kier alpha value is -4.42. The number of anilines is 1. The van der Waals surface area contributed by atoms with Crippen molar-refractivity contribution in [3.63, 3.8) is 0 Å². The highest BCUT2D eigenvalue weighted by molar-refractivity contribution is 5.96. The second kappa shape index (κ2) is 9.22. The summed E-state index contributed by atoms with van der Waals surface area (Å²) in [6, 6.07) is 9.41. The number of alkyl halides is 2. The van der Waals surface area contributed by atoms with Gasteiger partial charge in [-0.2, -0.15) is 4.52 Å². The van der Waals surface area contributed by atoms with Gasteiger partial charge < -0.3 is 24.6 Å². The number of likely N-dealkylation sites (tertiary alicyclic amines) is 1. The fourth-order valence-electron chi connectivity index (χ4n) is 4.46. The Kier molecular flexibility index (Phi) is 6.05. The number of methoxy groups -OCH3 is 3. The van der Waals surface area contributed by atoms with Crippen LogP contribution in [0.3, 0.4) is 0 Å². The SMILES string of the molecule is COc1ccc(CNc2nc3c(OC)cccc3c3nc([C@@H]4CC(F)(F)CN4C(=O)O)nn23)c(OC)c1. The van der Waals surface area contributed by atoms with Crippen LogP contribution in [0.15, 0.2) is 36.4 Å². The van der Waals surface area contributed by atoms with E-state index in [4.69, 9.17) is 14.2 Å². The predicted molar refractivity (Wildman–Crippen MR) is 129 cm³/mol. The fourth-order valence-corrected chi connectivity index (χ4v) is 4.46. The maximum Gasteiger partial charge on any atom is 0.408 e. The summed E-state index contributed by atoms with van der Waals surface area (Å²) in [5.74, 6) is -1.26. The number of ether oxygens (including phenoxy) is 3. The summed E-state index contributed by atoms with van der Waals surface area (Å²) >= 11 is 0. The van der Waals surface area contributed by atoms with Crippen LogP contribution < -0.4 is 19.5 Å². The van der Waals surface area contributed by atoms with E-state index in [0.717, 1.165) is 5.56 Å². The van der Waals surface area contributed by atoms with Crippen molar-refractivity contribution in [1.82, 2.24) is 24.5 Å². The number of fused-ring (bicyclic) bond motifs is 3. The lowest BCUT2D eigenvalue weighted by atomic mass is 10.2. The summed E-state index contributed by atoms with van der Waals surface area (Å²) in [6.45, 7) is -0.647. The van der Waals surface area contributed by atoms with E-state index in [9.17, 15) is 18.7 Å². The Labute approximate surface area is 209 Å². The third-order valence-electron chi connectivity index (χ3n) is 6.25. The molecular weight excluding hydrogens is 490 g/mol. The molecule has 1 atom stereocenters. The molecular formula is C24H24F2N6O5. The summed E-state index contributed by atoms with van der Waals surface area (Å²) in [6.07, 6.45) is -2.17. The molecule has 13 heteroatoms. The van der Waals surface area contributed by atoms with E-state index in [1.807, 2.05) is 6.07 Å². The first-order valence-corrected chi connectivity index (χ1v) is 11.3. The van der Waals surface area contributed by atoms with E-state index in [0.29, 0.717) is 38.7 Å². The monoisotopic (exact) mass is 514 g/mol. The van der Waals surface area contributed by atoms with E-state index in [1.165, 1.54) is 11.6 Å². The summed E-state index contributed by atoms with van der Waals surface area (Å²) in [5, 5.41) is 17.7. The van der Waals surface area contributed by atoms with Gasteiger partial charge in [-0.25, -0.2) is 23.5 Å². The van der Waals surface area contributed by atoms with Gasteiger partial charge in [0.1, 0.15) is 28.8 Å². The number of halogens is 2. The van der Waals surface area contributed by atoms with Crippen LogP contribution in [0.25, 0.3) is 16.6 Å². The molecule has 0 spiro atoms. The molecule has 0 unspecified atom stereocenters. The minimum Gasteiger partial charge on any atom is -0.497 e. The number of rotatable bonds is 7. The van der Waals surface area contributed by atoms with Crippen LogP contribution in [0.4, 0.5) is 19.5 Å². The summed E-state index contributed by atoms with van der Waals surface area (Å²) in [5.41, 5.74) is 1.60. The number of hydrogen-bond acceptors (Lipinski definition) is 8. The molecule has 1 aliphatic rings. The Balaban J connectivity index is 1.62. The molecule has 1 fully saturated rings. The van der Waals surface area contributed by atoms with Gasteiger partial charge in [0.05, 0.1) is 27.9 Å². The largest absolute Gasteiger partial charge is 0.497 e. The van der Waals surface area contributed by atoms with Crippen molar-refractivity contribution in [1.29, 1.82) is 0 Å². The minimum atomic E-state index is -3.18. The van der Waals surface area contributed by atoms with Gasteiger partial charge in [-0.1, -0.05) is 6.07 Å². The fraction of sp³-hybridized carbons (Fsp3) is 0.333. The third-order valence-corrected chi connectivity index (χ3v) is 6.25. The van der Waals surface area contributed by atoms with Gasteiger partial charge in [-0.15, -0.1) is 5.10 Å². The van der Waals surface area contributed by atoms with Crippen molar-refractivity contribution in [2.24, 2.45) is 0 Å². The van der Waals surface area contributed by atoms with Gasteiger partial charge in [-0.05, 0) is 24.3 Å². The van der Waals surface area contributed by atoms with Crippen LogP contribution in [0, 0.1) is 0 Å². The highest BCUT2D eigenvalue weighted by atomic mass is 19.3. The Bertz CT molecular complexity index is 1490. The number of carbonyl (C=O) groups is 1. The number of aromatic nitrogens is 4. The normalized spacial score (nSPS) is 16.8. The second-order valence-corrected chi connectivity index (χ2v) is 8.51. The predicted octanol–water partition coefficient (Wildman–Crippen LogP) is 3.98. The van der Waals surface area contributed by atoms with Gasteiger partial charge >= 0.3 is 6.09 Å². The molecule has 37 heavy (non-hydrogen) atoms. The summed E-state index contributed by atoms with van der Waals surface area (Å²) in [4.78, 5) is 21.5. The lowest BCUT2D eigenvalue weighted by molar-refractivity contribution is 0.0126. The second-order valence-electron chi connectivity index (χ2n) is 8.51. The molecule has 0 bridgehead atoms. The van der Waals surface area contributed by atoms with Crippen LogP contribution in [-0.4, -0.2) is 69.5 Å². The van der Waals surface area contributed by atoms with Crippen LogP contribution in [0.2, 0.25) is 0 Å². The van der Waals surface area contributed by atoms with E-state index < -0.39 is 31.0 Å². The van der Waals surface area contributed by atoms with E-state index in [-0.39, 0.29) is 18.3 Å². The molecule has 5 rings (SSSR count). The molecule has 194 valence electrons. The van der Waals surface area contributed by atoms with Crippen LogP contribution in [0.5, 0.6) is 17.2 Å². The van der Waals surface area contributed by atoms with Crippen LogP contribution in [0.1, 0.15) is 23.9 Å². The highest BCUT2D eigenvalue weighted by Gasteiger charge is 2.49.